The van der Waals surface area contributed by atoms with E-state index in [1.165, 1.54) is 30.3 Å². The summed E-state index contributed by atoms with van der Waals surface area (Å²) in [4.78, 5) is 16.2. The fourth-order valence-electron chi connectivity index (χ4n) is 3.43. The molecule has 1 heterocycles. The summed E-state index contributed by atoms with van der Waals surface area (Å²) in [5.41, 5.74) is -0.975. The second kappa shape index (κ2) is 11.1. The number of β-amino-alcohol motifs (C(OH)–C–C–N with tert-alkyl or cyclic N) is 1. The lowest BCUT2D eigenvalue weighted by Gasteiger charge is -2.35. The highest BCUT2D eigenvalue weighted by Gasteiger charge is 2.33. The Bertz CT molecular complexity index is 935. The molecule has 0 radical (unpaired) electrons. The van der Waals surface area contributed by atoms with Gasteiger partial charge in [0.05, 0.1) is 17.1 Å². The van der Waals surface area contributed by atoms with Gasteiger partial charge >= 0.3 is 6.18 Å². The van der Waals surface area contributed by atoms with E-state index in [2.05, 4.69) is 5.32 Å². The van der Waals surface area contributed by atoms with Crippen LogP contribution in [0, 0.1) is 5.82 Å². The van der Waals surface area contributed by atoms with E-state index in [1.54, 1.807) is 0 Å². The van der Waals surface area contributed by atoms with E-state index >= 15 is 0 Å². The van der Waals surface area contributed by atoms with Gasteiger partial charge in [-0.25, -0.2) is 4.39 Å². The van der Waals surface area contributed by atoms with Gasteiger partial charge in [0.15, 0.2) is 0 Å². The fraction of sp³-hybridized carbons (Fsp3) is 0.409. The molecule has 0 saturated carbocycles. The molecule has 1 amide bonds. The van der Waals surface area contributed by atoms with Crippen LogP contribution in [0.2, 0.25) is 5.02 Å². The van der Waals surface area contributed by atoms with Crippen molar-refractivity contribution in [2.75, 3.05) is 51.2 Å². The first-order valence-corrected chi connectivity index (χ1v) is 10.7. The lowest BCUT2D eigenvalue weighted by atomic mass is 10.2. The third kappa shape index (κ3) is 7.85. The number of anilines is 1. The monoisotopic (exact) mass is 489 g/mol. The predicted molar refractivity (Wildman–Crippen MR) is 116 cm³/mol. The number of aliphatic hydroxyl groups is 1. The first kappa shape index (κ1) is 25.2. The molecule has 1 fully saturated rings. The first-order valence-electron chi connectivity index (χ1n) is 10.3. The molecule has 0 aromatic heterocycles. The third-order valence-corrected chi connectivity index (χ3v) is 5.44. The van der Waals surface area contributed by atoms with Gasteiger partial charge in [0, 0.05) is 38.4 Å². The Morgan fingerprint density at radius 3 is 2.36 bits per heavy atom. The van der Waals surface area contributed by atoms with E-state index in [1.807, 2.05) is 9.80 Å². The predicted octanol–water partition coefficient (Wildman–Crippen LogP) is 3.49. The van der Waals surface area contributed by atoms with Crippen LogP contribution >= 0.6 is 11.6 Å². The van der Waals surface area contributed by atoms with Crippen molar-refractivity contribution < 1.29 is 32.2 Å². The van der Waals surface area contributed by atoms with E-state index in [0.29, 0.717) is 38.5 Å². The van der Waals surface area contributed by atoms with Gasteiger partial charge in [0.1, 0.15) is 24.3 Å². The summed E-state index contributed by atoms with van der Waals surface area (Å²) in [5, 5.41) is 12.2. The fourth-order valence-corrected chi connectivity index (χ4v) is 3.65. The molecule has 1 aliphatic rings. The molecule has 1 aliphatic heterocycles. The molecule has 2 aromatic rings. The average Bonchev–Trinajstić information content (AvgIpc) is 2.75. The zero-order chi connectivity index (χ0) is 24.0. The Morgan fingerprint density at radius 1 is 1.09 bits per heavy atom. The second-order valence-electron chi connectivity index (χ2n) is 7.74. The van der Waals surface area contributed by atoms with Gasteiger partial charge < -0.3 is 15.2 Å². The zero-order valence-electron chi connectivity index (χ0n) is 17.6. The lowest BCUT2D eigenvalue weighted by Crippen LogP contribution is -2.50. The summed E-state index contributed by atoms with van der Waals surface area (Å²) in [6.07, 6.45) is -5.35. The van der Waals surface area contributed by atoms with Gasteiger partial charge in [-0.3, -0.25) is 14.6 Å². The Balaban J connectivity index is 1.39. The van der Waals surface area contributed by atoms with Gasteiger partial charge in [-0.1, -0.05) is 11.6 Å². The molecular formula is C22H24ClF4N3O3. The summed E-state index contributed by atoms with van der Waals surface area (Å²) in [6, 6.07) is 8.76. The summed E-state index contributed by atoms with van der Waals surface area (Å²) in [7, 11) is 0. The minimum absolute atomic E-state index is 0.0274. The first-order chi connectivity index (χ1) is 15.6. The summed E-state index contributed by atoms with van der Waals surface area (Å²) in [5.74, 6) is -0.324. The maximum Gasteiger partial charge on any atom is 0.417 e. The maximum atomic E-state index is 13.0. The van der Waals surface area contributed by atoms with Crippen LogP contribution in [0.5, 0.6) is 5.75 Å². The number of halogens is 5. The SMILES string of the molecule is O=C(CN1CCN(CC(O)COc2ccc(F)cc2)CC1)Nc1ccc(Cl)c(C(F)(F)F)c1. The number of aliphatic hydroxyl groups excluding tert-OH is 1. The molecule has 0 bridgehead atoms. The molecule has 1 atom stereocenters. The van der Waals surface area contributed by atoms with Crippen molar-refractivity contribution in [2.45, 2.75) is 12.3 Å². The smallest absolute Gasteiger partial charge is 0.417 e. The largest absolute Gasteiger partial charge is 0.491 e. The molecule has 3 rings (SSSR count). The normalized spacial score (nSPS) is 16.4. The van der Waals surface area contributed by atoms with Crippen LogP contribution < -0.4 is 10.1 Å². The lowest BCUT2D eigenvalue weighted by molar-refractivity contribution is -0.137. The van der Waals surface area contributed by atoms with Gasteiger partial charge in [0.25, 0.3) is 0 Å². The minimum atomic E-state index is -4.61. The van der Waals surface area contributed by atoms with Crippen molar-refractivity contribution >= 4 is 23.2 Å². The second-order valence-corrected chi connectivity index (χ2v) is 8.14. The number of carbonyl (C=O) groups excluding carboxylic acids is 1. The number of nitrogens with one attached hydrogen (secondary N) is 1. The Morgan fingerprint density at radius 2 is 1.73 bits per heavy atom. The molecule has 180 valence electrons. The number of nitrogens with zero attached hydrogens (tertiary/aromatic N) is 2. The molecule has 11 heteroatoms. The van der Waals surface area contributed by atoms with Crippen LogP contribution in [0.15, 0.2) is 42.5 Å². The van der Waals surface area contributed by atoms with Crippen molar-refractivity contribution in [1.29, 1.82) is 0 Å². The van der Waals surface area contributed by atoms with Gasteiger partial charge in [0.2, 0.25) is 5.91 Å². The number of rotatable bonds is 8. The third-order valence-electron chi connectivity index (χ3n) is 5.11. The molecule has 1 unspecified atom stereocenters. The summed E-state index contributed by atoms with van der Waals surface area (Å²) < 4.78 is 57.2. The Kier molecular flexibility index (Phi) is 8.52. The number of carbonyl (C=O) groups is 1. The molecule has 2 aromatic carbocycles. The number of hydrogen-bond acceptors (Lipinski definition) is 5. The summed E-state index contributed by atoms with van der Waals surface area (Å²) in [6.45, 7) is 2.83. The molecule has 1 saturated heterocycles. The number of hydrogen-bond donors (Lipinski definition) is 2. The maximum absolute atomic E-state index is 13.0. The summed E-state index contributed by atoms with van der Waals surface area (Å²) >= 11 is 5.59. The van der Waals surface area contributed by atoms with Gasteiger partial charge in [-0.15, -0.1) is 0 Å². The highest BCUT2D eigenvalue weighted by atomic mass is 35.5. The quantitative estimate of drug-likeness (QED) is 0.556. The molecular weight excluding hydrogens is 466 g/mol. The highest BCUT2D eigenvalue weighted by molar-refractivity contribution is 6.31. The number of benzene rings is 2. The number of amides is 1. The van der Waals surface area contributed by atoms with Crippen molar-refractivity contribution in [2.24, 2.45) is 0 Å². The molecule has 33 heavy (non-hydrogen) atoms. The van der Waals surface area contributed by atoms with E-state index in [9.17, 15) is 27.5 Å². The van der Waals surface area contributed by atoms with Gasteiger partial charge in [-0.2, -0.15) is 13.2 Å². The van der Waals surface area contributed by atoms with Crippen molar-refractivity contribution in [1.82, 2.24) is 9.80 Å². The van der Waals surface area contributed by atoms with Crippen LogP contribution in [0.4, 0.5) is 23.2 Å². The topological polar surface area (TPSA) is 65.0 Å². The van der Waals surface area contributed by atoms with Crippen LogP contribution in [-0.4, -0.2) is 72.8 Å². The van der Waals surface area contributed by atoms with E-state index in [0.717, 1.165) is 12.1 Å². The van der Waals surface area contributed by atoms with Crippen LogP contribution in [0.1, 0.15) is 5.56 Å². The molecule has 2 N–H and O–H groups in total. The van der Waals surface area contributed by atoms with Crippen LogP contribution in [0.25, 0.3) is 0 Å². The minimum Gasteiger partial charge on any atom is -0.491 e. The number of ether oxygens (including phenoxy) is 1. The molecule has 6 nitrogen and oxygen atoms in total. The standard InChI is InChI=1S/C22H24ClF4N3O3/c23-20-6-3-16(11-19(20)22(25,26)27)28-21(32)13-30-9-7-29(8-10-30)12-17(31)14-33-18-4-1-15(24)2-5-18/h1-6,11,17,31H,7-10,12-14H2,(H,28,32). The molecule has 0 aliphatic carbocycles. The highest BCUT2D eigenvalue weighted by Crippen LogP contribution is 2.36. The van der Waals surface area contributed by atoms with E-state index < -0.39 is 28.8 Å². The van der Waals surface area contributed by atoms with E-state index in [-0.39, 0.29) is 24.7 Å². The number of alkyl halides is 3. The Hall–Kier alpha value is -2.40. The van der Waals surface area contributed by atoms with E-state index in [4.69, 9.17) is 16.3 Å². The van der Waals surface area contributed by atoms with Gasteiger partial charge in [-0.05, 0) is 42.5 Å². The van der Waals surface area contributed by atoms with Crippen molar-refractivity contribution in [3.63, 3.8) is 0 Å². The van der Waals surface area contributed by atoms with Crippen LogP contribution in [0.3, 0.4) is 0 Å². The van der Waals surface area contributed by atoms with Crippen LogP contribution in [-0.2, 0) is 11.0 Å². The number of piperazine rings is 1. The zero-order valence-corrected chi connectivity index (χ0v) is 18.4. The average molecular weight is 490 g/mol. The van der Waals surface area contributed by atoms with Crippen molar-refractivity contribution in [3.8, 4) is 5.75 Å². The van der Waals surface area contributed by atoms with Crippen molar-refractivity contribution in [3.05, 3.63) is 58.9 Å². The Labute approximate surface area is 193 Å². The molecule has 0 spiro atoms.